The molecule has 0 heterocycles. The third-order valence-electron chi connectivity index (χ3n) is 11.0. The van der Waals surface area contributed by atoms with Crippen molar-refractivity contribution in [2.24, 2.45) is 0 Å². The van der Waals surface area contributed by atoms with E-state index in [1.165, 1.54) is 0 Å². The van der Waals surface area contributed by atoms with Crippen molar-refractivity contribution in [1.29, 1.82) is 0 Å². The molecule has 0 unspecified atom stereocenters. The van der Waals surface area contributed by atoms with E-state index >= 15 is 0 Å². The zero-order valence-electron chi connectivity index (χ0n) is 55.6. The average Bonchev–Trinajstić information content (AvgIpc) is 0.776. The quantitative estimate of drug-likeness (QED) is 0.0380. The molecule has 6 aromatic rings. The molecule has 0 aromatic heterocycles. The third-order valence-corrected chi connectivity index (χ3v) is 11.0. The fourth-order valence-corrected chi connectivity index (χ4v) is 8.22. The lowest BCUT2D eigenvalue weighted by Crippen LogP contribution is -2.13. The maximum atomic E-state index is 13.2. The molecule has 6 rings (SSSR count). The molecule has 0 bridgehead atoms. The van der Waals surface area contributed by atoms with Crippen LogP contribution >= 0.6 is 0 Å². The summed E-state index contributed by atoms with van der Waals surface area (Å²) < 4.78 is 112. The van der Waals surface area contributed by atoms with Crippen molar-refractivity contribution in [2.75, 3.05) is 0 Å². The third kappa shape index (κ3) is 22.2. The molecule has 0 fully saturated rings. The Morgan fingerprint density at radius 3 is 0.574 bits per heavy atom. The SMILES string of the molecule is CC(=O)Oc1cc(OC(C)=O)c(Oc2cc(OC(C)=O)c(Oc3cc(OC(C)=O)cc(OC(C)=O)c3Oc3cc(OC(C)=O)c(Oc4cc(OC(C)=O)c(OC(C)=O)c(OC(C)=O)c4Oc4cc(OC(C)=O)c(OC(C)=O)c(OC(C)=O)c4)c(OC(C)=O)c3)c(OC(C)=O)c2)c(OC(C)=O)c1. The van der Waals surface area contributed by atoms with Gasteiger partial charge < -0.3 is 94.7 Å². The summed E-state index contributed by atoms with van der Waals surface area (Å²) in [6, 6.07) is 9.90. The van der Waals surface area contributed by atoms with Crippen LogP contribution < -0.4 is 94.7 Å². The van der Waals surface area contributed by atoms with Crippen molar-refractivity contribution in [3.05, 3.63) is 66.7 Å². The average molecular weight is 1410 g/mol. The lowest BCUT2D eigenvalue weighted by atomic mass is 10.2. The van der Waals surface area contributed by atoms with Gasteiger partial charge in [-0.3, -0.25) is 71.9 Å². The highest BCUT2D eigenvalue weighted by atomic mass is 16.6. The molecule has 0 radical (unpaired) electrons. The lowest BCUT2D eigenvalue weighted by molar-refractivity contribution is -0.135. The van der Waals surface area contributed by atoms with Crippen molar-refractivity contribution < 1.29 is 167 Å². The van der Waals surface area contributed by atoms with Crippen LogP contribution in [0.15, 0.2) is 66.7 Å². The fourth-order valence-electron chi connectivity index (χ4n) is 8.22. The van der Waals surface area contributed by atoms with Crippen molar-refractivity contribution >= 4 is 89.5 Å². The Kier molecular flexibility index (Phi) is 25.2. The van der Waals surface area contributed by atoms with Crippen molar-refractivity contribution in [2.45, 2.75) is 104 Å². The van der Waals surface area contributed by atoms with E-state index in [0.717, 1.165) is 171 Å². The Bertz CT molecular complexity index is 4310. The van der Waals surface area contributed by atoms with Crippen LogP contribution in [0.25, 0.3) is 0 Å². The molecular formula is C66H56O35. The Hall–Kier alpha value is -13.6. The molecule has 35 nitrogen and oxygen atoms in total. The molecule has 0 saturated heterocycles. The molecule has 0 atom stereocenters. The number of benzene rings is 6. The van der Waals surface area contributed by atoms with Gasteiger partial charge in [0.2, 0.25) is 46.0 Å². The topological polar surface area (TPSA) is 441 Å². The number of esters is 15. The minimum atomic E-state index is -1.20. The van der Waals surface area contributed by atoms with Crippen LogP contribution in [0, 0.1) is 0 Å². The molecule has 0 aliphatic carbocycles. The van der Waals surface area contributed by atoms with Gasteiger partial charge in [-0.15, -0.1) is 0 Å². The smallest absolute Gasteiger partial charge is 0.308 e. The Morgan fingerprint density at radius 1 is 0.149 bits per heavy atom. The van der Waals surface area contributed by atoms with Crippen molar-refractivity contribution in [3.63, 3.8) is 0 Å². The van der Waals surface area contributed by atoms with Gasteiger partial charge in [-0.25, -0.2) is 0 Å². The van der Waals surface area contributed by atoms with Crippen LogP contribution in [0.3, 0.4) is 0 Å². The second-order valence-electron chi connectivity index (χ2n) is 20.0. The molecule has 0 amide bonds. The molecule has 35 heteroatoms. The summed E-state index contributed by atoms with van der Waals surface area (Å²) in [5.41, 5.74) is 0. The number of carbonyl (C=O) groups excluding carboxylic acids is 15. The standard InChI is InChI=1S/C66H56O35/c1-27(67)82-42-16-49(86-31(5)71)60(50(17-42)87-32(6)72)97-44-20-52(89-34(8)74)62(53(21-44)90-35(9)75)100-56-19-43(83-28(2)68)18-51(88-33(7)73)61(56)98-45-22-54(91-36(10)76)63(55(23-45)92-37(11)77)101-58-26-57(93-38(12)78)64(95-40(14)80)66(96-41(15)81)65(58)99-46-24-47(84-29(3)69)59(94-39(13)79)48(25-46)85-30(4)70/h16-26H,1-15H3. The van der Waals surface area contributed by atoms with E-state index in [9.17, 15) is 71.9 Å². The van der Waals surface area contributed by atoms with Crippen LogP contribution in [-0.2, 0) is 71.9 Å². The van der Waals surface area contributed by atoms with E-state index in [-0.39, 0.29) is 5.75 Å². The molecule has 6 aromatic carbocycles. The Morgan fingerprint density at radius 2 is 0.317 bits per heavy atom. The van der Waals surface area contributed by atoms with Gasteiger partial charge in [-0.1, -0.05) is 0 Å². The number of carbonyl (C=O) groups is 15. The van der Waals surface area contributed by atoms with E-state index in [1.54, 1.807) is 0 Å². The minimum absolute atomic E-state index is 0.309. The largest absolute Gasteiger partial charge is 0.449 e. The molecule has 0 N–H and O–H groups in total. The van der Waals surface area contributed by atoms with Crippen molar-refractivity contribution in [3.8, 4) is 144 Å². The van der Waals surface area contributed by atoms with Gasteiger partial charge in [0, 0.05) is 171 Å². The second kappa shape index (κ2) is 33.4. The van der Waals surface area contributed by atoms with E-state index in [4.69, 9.17) is 94.7 Å². The highest BCUT2D eigenvalue weighted by molar-refractivity contribution is 5.85. The first-order chi connectivity index (χ1) is 47.3. The van der Waals surface area contributed by atoms with Gasteiger partial charge >= 0.3 is 89.5 Å². The summed E-state index contributed by atoms with van der Waals surface area (Å²) in [5, 5.41) is 0. The van der Waals surface area contributed by atoms with Gasteiger partial charge in [0.05, 0.1) is 0 Å². The maximum absolute atomic E-state index is 13.2. The predicted octanol–water partition coefficient (Wildman–Crippen LogP) is 9.53. The monoisotopic (exact) mass is 1410 g/mol. The minimum Gasteiger partial charge on any atom is -0.449 e. The Labute approximate surface area is 568 Å². The Balaban J connectivity index is 1.69. The fraction of sp³-hybridized carbons (Fsp3) is 0.227. The lowest BCUT2D eigenvalue weighted by Gasteiger charge is -2.23. The van der Waals surface area contributed by atoms with E-state index < -0.39 is 228 Å². The molecule has 530 valence electrons. The summed E-state index contributed by atoms with van der Waals surface area (Å²) >= 11 is 0. The van der Waals surface area contributed by atoms with Crippen molar-refractivity contribution in [1.82, 2.24) is 0 Å². The first-order valence-electron chi connectivity index (χ1n) is 28.6. The van der Waals surface area contributed by atoms with Crippen LogP contribution in [0.1, 0.15) is 104 Å². The summed E-state index contributed by atoms with van der Waals surface area (Å²) in [7, 11) is 0. The van der Waals surface area contributed by atoms with E-state index in [1.807, 2.05) is 0 Å². The number of hydrogen-bond donors (Lipinski definition) is 0. The van der Waals surface area contributed by atoms with Crippen LogP contribution in [-0.4, -0.2) is 89.5 Å². The van der Waals surface area contributed by atoms with E-state index in [0.29, 0.717) is 0 Å². The molecule has 0 aliphatic heterocycles. The molecule has 0 spiro atoms. The highest BCUT2D eigenvalue weighted by Crippen LogP contribution is 2.58. The highest BCUT2D eigenvalue weighted by Gasteiger charge is 2.34. The number of ether oxygens (including phenoxy) is 20. The van der Waals surface area contributed by atoms with Crippen LogP contribution in [0.2, 0.25) is 0 Å². The normalized spacial score (nSPS) is 10.3. The summed E-state index contributed by atoms with van der Waals surface area (Å²) in [4.78, 5) is 191. The maximum Gasteiger partial charge on any atom is 0.308 e. The second-order valence-corrected chi connectivity index (χ2v) is 20.0. The van der Waals surface area contributed by atoms with Gasteiger partial charge in [-0.05, 0) is 0 Å². The molecular weight excluding hydrogens is 1350 g/mol. The summed E-state index contributed by atoms with van der Waals surface area (Å²) in [6.45, 7) is 13.9. The van der Waals surface area contributed by atoms with Gasteiger partial charge in [0.25, 0.3) is 0 Å². The molecule has 101 heavy (non-hydrogen) atoms. The predicted molar refractivity (Wildman–Crippen MR) is 329 cm³/mol. The van der Waals surface area contributed by atoms with Crippen LogP contribution in [0.5, 0.6) is 144 Å². The van der Waals surface area contributed by atoms with E-state index in [2.05, 4.69) is 0 Å². The number of rotatable bonds is 25. The van der Waals surface area contributed by atoms with Gasteiger partial charge in [-0.2, -0.15) is 0 Å². The van der Waals surface area contributed by atoms with Crippen LogP contribution in [0.4, 0.5) is 0 Å². The first-order valence-corrected chi connectivity index (χ1v) is 28.6. The summed E-state index contributed by atoms with van der Waals surface area (Å²) in [5.74, 6) is -33.3. The number of hydrogen-bond acceptors (Lipinski definition) is 35. The summed E-state index contributed by atoms with van der Waals surface area (Å²) in [6.07, 6.45) is 0. The zero-order valence-corrected chi connectivity index (χ0v) is 55.6. The zero-order chi connectivity index (χ0) is 75.0. The molecule has 0 saturated carbocycles. The molecule has 0 aliphatic rings. The van der Waals surface area contributed by atoms with Gasteiger partial charge in [0.1, 0.15) is 28.7 Å². The first kappa shape index (κ1) is 76.4. The van der Waals surface area contributed by atoms with Gasteiger partial charge in [0.15, 0.2) is 69.0 Å².